The lowest BCUT2D eigenvalue weighted by molar-refractivity contribution is -0.0306. The number of fused-ring (bicyclic) bond motifs is 1. The Bertz CT molecular complexity index is 1120. The van der Waals surface area contributed by atoms with Gasteiger partial charge in [0.2, 0.25) is 0 Å². The number of piperidine rings is 1. The van der Waals surface area contributed by atoms with Crippen LogP contribution in [0.1, 0.15) is 70.4 Å². The van der Waals surface area contributed by atoms with E-state index in [1.807, 2.05) is 0 Å². The topological polar surface area (TPSA) is 81.8 Å². The third-order valence-electron chi connectivity index (χ3n) is 7.47. The number of hydrogen-bond acceptors (Lipinski definition) is 6. The van der Waals surface area contributed by atoms with Gasteiger partial charge in [-0.3, -0.25) is 9.47 Å². The monoisotopic (exact) mass is 500 g/mol. The van der Waals surface area contributed by atoms with Crippen molar-refractivity contribution in [3.8, 4) is 0 Å². The fraction of sp³-hybridized carbons (Fsp3) is 0.708. The summed E-state index contributed by atoms with van der Waals surface area (Å²) in [5, 5.41) is 0. The Hall–Kier alpha value is -1.35. The van der Waals surface area contributed by atoms with Gasteiger partial charge < -0.3 is 9.15 Å². The van der Waals surface area contributed by atoms with Gasteiger partial charge in [0.1, 0.15) is 0 Å². The normalized spacial score (nSPS) is 25.3. The molecule has 2 heterocycles. The molecule has 1 aliphatic heterocycles. The molecule has 7 nitrogen and oxygen atoms in total. The smallest absolute Gasteiger partial charge is 0.408 e. The maximum Gasteiger partial charge on any atom is 0.420 e. The van der Waals surface area contributed by atoms with E-state index in [1.54, 1.807) is 23.6 Å². The number of halogens is 1. The highest BCUT2D eigenvalue weighted by molar-refractivity contribution is 7.90. The Morgan fingerprint density at radius 1 is 1.15 bits per heavy atom. The van der Waals surface area contributed by atoms with Gasteiger partial charge >= 0.3 is 5.76 Å². The van der Waals surface area contributed by atoms with Crippen LogP contribution in [0.15, 0.2) is 26.2 Å². The number of oxazole rings is 1. The molecule has 1 aromatic heterocycles. The molecule has 1 saturated heterocycles. The van der Waals surface area contributed by atoms with Crippen LogP contribution in [0, 0.1) is 6.92 Å². The molecule has 1 aromatic carbocycles. The van der Waals surface area contributed by atoms with E-state index in [1.165, 1.54) is 6.26 Å². The van der Waals surface area contributed by atoms with Crippen LogP contribution in [0.3, 0.4) is 0 Å². The third-order valence-corrected chi connectivity index (χ3v) is 8.71. The second-order valence-corrected chi connectivity index (χ2v) is 11.9. The van der Waals surface area contributed by atoms with E-state index in [2.05, 4.69) is 18.7 Å². The number of rotatable bonds is 6. The minimum absolute atomic E-state index is 0. The summed E-state index contributed by atoms with van der Waals surface area (Å²) >= 11 is 0. The summed E-state index contributed by atoms with van der Waals surface area (Å²) in [6.07, 6.45) is 8.84. The summed E-state index contributed by atoms with van der Waals surface area (Å²) in [5.74, 6) is -0.400. The van der Waals surface area contributed by atoms with Crippen LogP contribution in [-0.2, 0) is 14.6 Å². The number of aryl methyl sites for hydroxylation is 1. The second-order valence-electron chi connectivity index (χ2n) is 9.88. The van der Waals surface area contributed by atoms with Gasteiger partial charge in [0.05, 0.1) is 16.5 Å². The minimum atomic E-state index is -3.38. The number of hydrogen-bond donors (Lipinski definition) is 0. The molecule has 4 rings (SSSR count). The predicted molar refractivity (Wildman–Crippen MR) is 132 cm³/mol. The summed E-state index contributed by atoms with van der Waals surface area (Å²) in [6, 6.07) is 3.29. The summed E-state index contributed by atoms with van der Waals surface area (Å²) in [7, 11) is -3.38. The number of aromatic nitrogens is 1. The van der Waals surface area contributed by atoms with Crippen molar-refractivity contribution in [3.63, 3.8) is 0 Å². The zero-order chi connectivity index (χ0) is 23.1. The van der Waals surface area contributed by atoms with Crippen LogP contribution < -0.4 is 5.76 Å². The highest BCUT2D eigenvalue weighted by atomic mass is 35.5. The number of ether oxygens (including phenoxy) is 1. The zero-order valence-corrected chi connectivity index (χ0v) is 21.8. The van der Waals surface area contributed by atoms with Gasteiger partial charge in [-0.05, 0) is 76.5 Å². The zero-order valence-electron chi connectivity index (χ0n) is 20.1. The maximum absolute atomic E-state index is 12.7. The fourth-order valence-electron chi connectivity index (χ4n) is 5.55. The predicted octanol–water partition coefficient (Wildman–Crippen LogP) is 4.49. The molecule has 2 aliphatic rings. The first-order chi connectivity index (χ1) is 15.1. The Kier molecular flexibility index (Phi) is 8.04. The SMILES string of the molecule is CCCO[C@H]1CC[C@](C)(N2CCC(n3c(=O)oc4cc(C)c(S(C)(=O)=O)cc43)CC2)CC1.Cl. The number of benzene rings is 1. The first-order valence-electron chi connectivity index (χ1n) is 11.8. The Morgan fingerprint density at radius 2 is 1.79 bits per heavy atom. The molecule has 1 saturated carbocycles. The van der Waals surface area contributed by atoms with Crippen molar-refractivity contribution in [1.82, 2.24) is 9.47 Å². The number of sulfone groups is 1. The van der Waals surface area contributed by atoms with Crippen LogP contribution in [0.2, 0.25) is 0 Å². The molecule has 1 aliphatic carbocycles. The number of likely N-dealkylation sites (tertiary alicyclic amines) is 1. The summed E-state index contributed by atoms with van der Waals surface area (Å²) in [4.78, 5) is 15.5. The summed E-state index contributed by atoms with van der Waals surface area (Å²) < 4.78 is 37.5. The first kappa shape index (κ1) is 26.3. The quantitative estimate of drug-likeness (QED) is 0.581. The fourth-order valence-corrected chi connectivity index (χ4v) is 6.52. The summed E-state index contributed by atoms with van der Waals surface area (Å²) in [5.41, 5.74) is 1.82. The first-order valence-corrected chi connectivity index (χ1v) is 13.7. The van der Waals surface area contributed by atoms with Crippen LogP contribution >= 0.6 is 12.4 Å². The molecular formula is C24H37ClN2O5S. The molecule has 0 amide bonds. The molecule has 0 bridgehead atoms. The average molecular weight is 501 g/mol. The van der Waals surface area contributed by atoms with E-state index >= 15 is 0 Å². The van der Waals surface area contributed by atoms with Crippen LogP contribution in [0.25, 0.3) is 11.1 Å². The third kappa shape index (κ3) is 5.34. The molecule has 33 heavy (non-hydrogen) atoms. The largest absolute Gasteiger partial charge is 0.420 e. The van der Waals surface area contributed by atoms with Crippen molar-refractivity contribution in [2.45, 2.75) is 88.3 Å². The van der Waals surface area contributed by atoms with E-state index in [9.17, 15) is 13.2 Å². The van der Waals surface area contributed by atoms with Crippen molar-refractivity contribution in [3.05, 3.63) is 28.2 Å². The molecule has 0 radical (unpaired) electrons. The van der Waals surface area contributed by atoms with E-state index in [0.717, 1.165) is 64.6 Å². The van der Waals surface area contributed by atoms with Gasteiger partial charge in [-0.15, -0.1) is 12.4 Å². The van der Waals surface area contributed by atoms with Gasteiger partial charge in [0.15, 0.2) is 15.4 Å². The van der Waals surface area contributed by atoms with Crippen molar-refractivity contribution >= 4 is 33.3 Å². The molecule has 2 aromatic rings. The average Bonchev–Trinajstić information content (AvgIpc) is 3.06. The molecule has 0 unspecified atom stereocenters. The molecule has 0 spiro atoms. The highest BCUT2D eigenvalue weighted by Crippen LogP contribution is 2.38. The van der Waals surface area contributed by atoms with Crippen LogP contribution in [-0.4, -0.2) is 55.5 Å². The second kappa shape index (κ2) is 10.1. The standard InChI is InChI=1S/C24H36N2O5S.ClH/c1-5-14-30-19-6-10-24(3,11-7-19)25-12-8-18(9-13-25)26-20-16-22(32(4,28)29)17(2)15-21(20)31-23(26)27;/h15-16,18-19H,5-14H2,1-4H3;1H/t19-,24-;. The van der Waals surface area contributed by atoms with Gasteiger partial charge in [0.25, 0.3) is 0 Å². The van der Waals surface area contributed by atoms with Crippen LogP contribution in [0.4, 0.5) is 0 Å². The molecule has 0 N–H and O–H groups in total. The van der Waals surface area contributed by atoms with Gasteiger partial charge in [-0.2, -0.15) is 0 Å². The Labute approximate surface area is 202 Å². The Balaban J connectivity index is 0.00000306. The minimum Gasteiger partial charge on any atom is -0.408 e. The van der Waals surface area contributed by atoms with E-state index in [4.69, 9.17) is 9.15 Å². The molecule has 0 atom stereocenters. The van der Waals surface area contributed by atoms with E-state index in [0.29, 0.717) is 22.8 Å². The highest BCUT2D eigenvalue weighted by Gasteiger charge is 2.39. The van der Waals surface area contributed by atoms with Crippen molar-refractivity contribution in [1.29, 1.82) is 0 Å². The Morgan fingerprint density at radius 3 is 2.36 bits per heavy atom. The molecule has 186 valence electrons. The lowest BCUT2D eigenvalue weighted by atomic mass is 9.79. The van der Waals surface area contributed by atoms with Gasteiger partial charge in [-0.1, -0.05) is 6.92 Å². The van der Waals surface area contributed by atoms with E-state index in [-0.39, 0.29) is 28.9 Å². The van der Waals surface area contributed by atoms with Gasteiger partial charge in [0, 0.05) is 37.5 Å². The van der Waals surface area contributed by atoms with Crippen LogP contribution in [0.5, 0.6) is 0 Å². The molecule has 9 heteroatoms. The lowest BCUT2D eigenvalue weighted by Crippen LogP contribution is -2.53. The summed E-state index contributed by atoms with van der Waals surface area (Å²) in [6.45, 7) is 8.94. The molecule has 2 fully saturated rings. The lowest BCUT2D eigenvalue weighted by Gasteiger charge is -2.48. The van der Waals surface area contributed by atoms with Crippen molar-refractivity contribution in [2.24, 2.45) is 0 Å². The van der Waals surface area contributed by atoms with E-state index < -0.39 is 15.6 Å². The maximum atomic E-state index is 12.7. The number of nitrogens with zero attached hydrogens (tertiary/aromatic N) is 2. The van der Waals surface area contributed by atoms with Gasteiger partial charge in [-0.25, -0.2) is 13.2 Å². The van der Waals surface area contributed by atoms with Crippen molar-refractivity contribution < 1.29 is 17.6 Å². The molecular weight excluding hydrogens is 464 g/mol. The van der Waals surface area contributed by atoms with Crippen molar-refractivity contribution in [2.75, 3.05) is 26.0 Å².